The molecule has 0 saturated heterocycles. The third-order valence-corrected chi connectivity index (χ3v) is 26.6. The molecule has 3 aromatic heterocycles. The Hall–Kier alpha value is -16.7. The molecule has 0 aliphatic heterocycles. The monoisotopic (exact) mass is 1630 g/mol. The molecule has 24 aromatic carbocycles. The van der Waals surface area contributed by atoms with E-state index >= 15 is 0 Å². The smallest absolute Gasteiger partial charge is 0.143 e. The molecular formula is C125H78O3. The average Bonchev–Trinajstić information content (AvgIpc) is 1.36. The van der Waals surface area contributed by atoms with Crippen molar-refractivity contribution in [3.63, 3.8) is 0 Å². The van der Waals surface area contributed by atoms with Gasteiger partial charge in [0, 0.05) is 48.5 Å². The van der Waals surface area contributed by atoms with Crippen LogP contribution in [0.5, 0.6) is 0 Å². The van der Waals surface area contributed by atoms with Crippen molar-refractivity contribution in [2.24, 2.45) is 0 Å². The Morgan fingerprint density at radius 2 is 0.359 bits per heavy atom. The van der Waals surface area contributed by atoms with Crippen molar-refractivity contribution < 1.29 is 13.3 Å². The fraction of sp³-hybridized carbons (Fsp3) is 0.00800. The van der Waals surface area contributed by atoms with Gasteiger partial charge in [-0.3, -0.25) is 0 Å². The lowest BCUT2D eigenvalue weighted by atomic mass is 9.84. The molecule has 0 atom stereocenters. The van der Waals surface area contributed by atoms with E-state index in [0.717, 1.165) is 82.0 Å². The highest BCUT2D eigenvalue weighted by Crippen LogP contribution is 2.52. The molecule has 0 radical (unpaired) electrons. The number of benzene rings is 24. The number of rotatable bonds is 8. The highest BCUT2D eigenvalue weighted by Gasteiger charge is 2.25. The number of furan rings is 3. The zero-order valence-corrected chi connectivity index (χ0v) is 70.0. The lowest BCUT2D eigenvalue weighted by molar-refractivity contribution is 0.672. The Morgan fingerprint density at radius 3 is 0.742 bits per heavy atom. The van der Waals surface area contributed by atoms with Crippen LogP contribution in [0, 0.1) is 6.92 Å². The molecule has 0 N–H and O–H groups in total. The third-order valence-electron chi connectivity index (χ3n) is 26.6. The lowest BCUT2D eigenvalue weighted by Crippen LogP contribution is -1.91. The zero-order valence-electron chi connectivity index (χ0n) is 70.0. The van der Waals surface area contributed by atoms with E-state index < -0.39 is 0 Å². The topological polar surface area (TPSA) is 39.4 Å². The molecule has 3 heteroatoms. The molecule has 0 saturated carbocycles. The maximum atomic E-state index is 6.50. The summed E-state index contributed by atoms with van der Waals surface area (Å²) in [5.41, 5.74) is 26.6. The van der Waals surface area contributed by atoms with Gasteiger partial charge >= 0.3 is 0 Å². The summed E-state index contributed by atoms with van der Waals surface area (Å²) in [5.74, 6) is 0. The predicted molar refractivity (Wildman–Crippen MR) is 544 cm³/mol. The summed E-state index contributed by atoms with van der Waals surface area (Å²) < 4.78 is 19.4. The van der Waals surface area contributed by atoms with Gasteiger partial charge in [-0.15, -0.1) is 0 Å². The van der Waals surface area contributed by atoms with E-state index in [2.05, 4.69) is 462 Å². The van der Waals surface area contributed by atoms with Crippen LogP contribution in [0.3, 0.4) is 0 Å². The van der Waals surface area contributed by atoms with Gasteiger partial charge in [0.25, 0.3) is 0 Å². The second kappa shape index (κ2) is 30.4. The van der Waals surface area contributed by atoms with Gasteiger partial charge in [0.15, 0.2) is 0 Å². The fourth-order valence-electron chi connectivity index (χ4n) is 20.7. The van der Waals surface area contributed by atoms with E-state index in [9.17, 15) is 0 Å². The van der Waals surface area contributed by atoms with E-state index in [0.29, 0.717) is 0 Å². The van der Waals surface area contributed by atoms with E-state index in [-0.39, 0.29) is 0 Å². The summed E-state index contributed by atoms with van der Waals surface area (Å²) in [6.45, 7) is 2.18. The highest BCUT2D eigenvalue weighted by atomic mass is 16.3. The first-order valence-corrected chi connectivity index (χ1v) is 44.1. The summed E-state index contributed by atoms with van der Waals surface area (Å²) in [6.07, 6.45) is 0. The van der Waals surface area contributed by atoms with Gasteiger partial charge in [-0.05, 0) is 260 Å². The fourth-order valence-corrected chi connectivity index (χ4v) is 20.7. The van der Waals surface area contributed by atoms with Gasteiger partial charge in [-0.1, -0.05) is 388 Å². The Kier molecular flexibility index (Phi) is 17.5. The molecule has 0 unspecified atom stereocenters. The SMILES string of the molecule is Cc1ccc2c(-c3ccccc3)c3ccccc3c(-c3ccc4oc5c6ccccc6ccc5c4c3)c2c1.c1ccc(-c2c3ccccc3c(-c3ccc4oc5c6ccccc6ccc5c4c3)c3ccc(-c4ccc5ccccc5c4)cc23)cc1.c1ccc(-c2ccc3c(-c4ccc5oc6c7ccccc7ccc6c5c4)c4ccccc4c(-c4ccccc4)c3c2)cc1. The first-order chi connectivity index (χ1) is 63.4. The molecule has 3 nitrogen and oxygen atoms in total. The van der Waals surface area contributed by atoms with Crippen LogP contribution in [-0.4, -0.2) is 0 Å². The molecule has 0 aliphatic rings. The minimum Gasteiger partial charge on any atom is -0.455 e. The van der Waals surface area contributed by atoms with Gasteiger partial charge < -0.3 is 13.3 Å². The first kappa shape index (κ1) is 74.0. The first-order valence-electron chi connectivity index (χ1n) is 44.1. The van der Waals surface area contributed by atoms with Gasteiger partial charge in [-0.2, -0.15) is 0 Å². The van der Waals surface area contributed by atoms with Crippen LogP contribution < -0.4 is 0 Å². The van der Waals surface area contributed by atoms with Crippen molar-refractivity contribution in [3.05, 3.63) is 461 Å². The second-order valence-corrected chi connectivity index (χ2v) is 33.9. The minimum atomic E-state index is 0.910. The Labute approximate surface area is 738 Å². The van der Waals surface area contributed by atoms with Gasteiger partial charge in [0.05, 0.1) is 0 Å². The van der Waals surface area contributed by atoms with E-state index in [1.807, 2.05) is 0 Å². The molecule has 596 valence electrons. The number of aryl methyl sites for hydroxylation is 1. The van der Waals surface area contributed by atoms with Gasteiger partial charge in [0.2, 0.25) is 0 Å². The minimum absolute atomic E-state index is 0.910. The van der Waals surface area contributed by atoms with Crippen LogP contribution in [0.25, 0.3) is 263 Å². The Morgan fingerprint density at radius 1 is 0.125 bits per heavy atom. The van der Waals surface area contributed by atoms with Crippen LogP contribution >= 0.6 is 0 Å². The van der Waals surface area contributed by atoms with Crippen molar-refractivity contribution in [2.45, 2.75) is 6.92 Å². The van der Waals surface area contributed by atoms with E-state index in [1.54, 1.807) is 0 Å². The number of hydrogen-bond acceptors (Lipinski definition) is 3. The molecule has 0 fully saturated rings. The van der Waals surface area contributed by atoms with Crippen molar-refractivity contribution >= 4 is 174 Å². The van der Waals surface area contributed by atoms with Crippen LogP contribution in [0.15, 0.2) is 468 Å². The summed E-state index contributed by atoms with van der Waals surface area (Å²) >= 11 is 0. The molecule has 27 rings (SSSR count). The van der Waals surface area contributed by atoms with Crippen molar-refractivity contribution in [1.82, 2.24) is 0 Å². The largest absolute Gasteiger partial charge is 0.455 e. The second-order valence-electron chi connectivity index (χ2n) is 33.9. The lowest BCUT2D eigenvalue weighted by Gasteiger charge is -2.19. The molecule has 3 heterocycles. The standard InChI is InChI=1S/C46H28O.C42H26O.C37H24O/c1-2-12-31(13-3-1)44-37-16-8-9-17-38(37)45(39-23-21-34(27-42(39)44)33-19-18-29-10-4-5-14-32(29)26-33)35-22-25-43-41(28-35)40-24-20-30-11-6-7-15-36(30)46(40)47-43;1-3-11-27(12-4-1)30-20-22-35-38(25-30)40(29-14-5-2-6-15-29)33-17-9-10-18-34(33)41(35)31-21-24-39-37(26-31)36-23-19-28-13-7-8-16-32(28)42(36)43-39;1-23-15-18-30-33(21-23)36(29-14-8-7-13-28(29)35(30)25-10-3-2-4-11-25)26-17-20-34-32(22-26)31-19-16-24-9-5-6-12-27(24)37(31)38-34/h1-28H;1-26H;2-22H,1H3. The summed E-state index contributed by atoms with van der Waals surface area (Å²) in [6, 6.07) is 164. The molecule has 0 spiro atoms. The number of hydrogen-bond donors (Lipinski definition) is 0. The maximum Gasteiger partial charge on any atom is 0.143 e. The Balaban J connectivity index is 0.000000105. The quantitative estimate of drug-likeness (QED) is 0.142. The normalized spacial score (nSPS) is 11.8. The highest BCUT2D eigenvalue weighted by molar-refractivity contribution is 6.28. The van der Waals surface area contributed by atoms with Gasteiger partial charge in [0.1, 0.15) is 33.5 Å². The number of fused-ring (bicyclic) bond motifs is 22. The van der Waals surface area contributed by atoms with Gasteiger partial charge in [-0.25, -0.2) is 0 Å². The predicted octanol–water partition coefficient (Wildman–Crippen LogP) is 35.9. The van der Waals surface area contributed by atoms with E-state index in [1.165, 1.54) is 186 Å². The molecule has 0 bridgehead atoms. The van der Waals surface area contributed by atoms with Crippen LogP contribution in [0.2, 0.25) is 0 Å². The van der Waals surface area contributed by atoms with Crippen molar-refractivity contribution in [2.75, 3.05) is 0 Å². The summed E-state index contributed by atoms with van der Waals surface area (Å²) in [7, 11) is 0. The summed E-state index contributed by atoms with van der Waals surface area (Å²) in [4.78, 5) is 0. The zero-order chi connectivity index (χ0) is 84.4. The third kappa shape index (κ3) is 12.3. The van der Waals surface area contributed by atoms with Crippen molar-refractivity contribution in [3.8, 4) is 89.0 Å². The molecule has 128 heavy (non-hydrogen) atoms. The molecule has 0 amide bonds. The average molecular weight is 1630 g/mol. The Bertz CT molecular complexity index is 9190. The maximum absolute atomic E-state index is 6.50. The molecule has 0 aliphatic carbocycles. The van der Waals surface area contributed by atoms with Crippen LogP contribution in [-0.2, 0) is 0 Å². The molecular weight excluding hydrogens is 1550 g/mol. The van der Waals surface area contributed by atoms with Crippen molar-refractivity contribution in [1.29, 1.82) is 0 Å². The van der Waals surface area contributed by atoms with E-state index in [4.69, 9.17) is 13.3 Å². The van der Waals surface area contributed by atoms with Crippen LogP contribution in [0.4, 0.5) is 0 Å². The van der Waals surface area contributed by atoms with Crippen LogP contribution in [0.1, 0.15) is 5.56 Å². The molecule has 27 aromatic rings. The summed E-state index contributed by atoms with van der Waals surface area (Å²) in [5, 5.41) is 31.5.